The maximum absolute atomic E-state index is 12.0. The fourth-order valence-corrected chi connectivity index (χ4v) is 3.90. The monoisotopic (exact) mass is 322 g/mol. The highest BCUT2D eigenvalue weighted by Crippen LogP contribution is 2.28. The molecule has 0 unspecified atom stereocenters. The first-order chi connectivity index (χ1) is 8.38. The van der Waals surface area contributed by atoms with Crippen LogP contribution >= 0.6 is 34.5 Å². The molecule has 0 atom stereocenters. The SMILES string of the molecule is Nc1cc(NS(=O)(=O)c2ccc(Cl)s2)ccc1Cl. The Hall–Kier alpha value is -0.950. The number of nitrogens with two attached hydrogens (primary N) is 1. The standard InChI is InChI=1S/C10H8Cl2N2O2S2/c11-7-2-1-6(5-8(7)13)14-18(15,16)10-4-3-9(12)17-10/h1-5,14H,13H2. The van der Waals surface area contributed by atoms with Gasteiger partial charge in [-0.1, -0.05) is 23.2 Å². The summed E-state index contributed by atoms with van der Waals surface area (Å²) in [6.07, 6.45) is 0. The van der Waals surface area contributed by atoms with Crippen molar-refractivity contribution in [3.63, 3.8) is 0 Å². The Labute approximate surface area is 118 Å². The number of sulfonamides is 1. The number of rotatable bonds is 3. The van der Waals surface area contributed by atoms with Crippen LogP contribution in [0.15, 0.2) is 34.5 Å². The first kappa shape index (κ1) is 13.5. The van der Waals surface area contributed by atoms with E-state index in [0.29, 0.717) is 20.7 Å². The molecule has 0 fully saturated rings. The lowest BCUT2D eigenvalue weighted by Crippen LogP contribution is -2.11. The lowest BCUT2D eigenvalue weighted by atomic mass is 10.3. The van der Waals surface area contributed by atoms with Crippen LogP contribution in [0.2, 0.25) is 9.36 Å². The van der Waals surface area contributed by atoms with Gasteiger partial charge in [0.15, 0.2) is 0 Å². The number of anilines is 2. The predicted octanol–water partition coefficient (Wildman–Crippen LogP) is 3.44. The van der Waals surface area contributed by atoms with Crippen LogP contribution < -0.4 is 10.5 Å². The molecule has 1 aromatic carbocycles. The summed E-state index contributed by atoms with van der Waals surface area (Å²) in [6.45, 7) is 0. The Kier molecular flexibility index (Phi) is 3.72. The highest BCUT2D eigenvalue weighted by Gasteiger charge is 2.16. The minimum atomic E-state index is -3.64. The molecule has 0 aliphatic heterocycles. The molecule has 18 heavy (non-hydrogen) atoms. The van der Waals surface area contributed by atoms with Gasteiger partial charge in [0.05, 0.1) is 20.7 Å². The molecular formula is C10H8Cl2N2O2S2. The minimum Gasteiger partial charge on any atom is -0.397 e. The van der Waals surface area contributed by atoms with Gasteiger partial charge in [-0.15, -0.1) is 11.3 Å². The van der Waals surface area contributed by atoms with Crippen molar-refractivity contribution in [2.24, 2.45) is 0 Å². The van der Waals surface area contributed by atoms with E-state index in [4.69, 9.17) is 28.9 Å². The number of nitrogens with one attached hydrogen (secondary N) is 1. The normalized spacial score (nSPS) is 11.4. The van der Waals surface area contributed by atoms with Gasteiger partial charge < -0.3 is 5.73 Å². The van der Waals surface area contributed by atoms with Gasteiger partial charge in [0.1, 0.15) is 4.21 Å². The molecule has 1 heterocycles. The van der Waals surface area contributed by atoms with Crippen molar-refractivity contribution in [3.8, 4) is 0 Å². The summed E-state index contributed by atoms with van der Waals surface area (Å²) in [5.74, 6) is 0. The largest absolute Gasteiger partial charge is 0.397 e. The highest BCUT2D eigenvalue weighted by atomic mass is 35.5. The summed E-state index contributed by atoms with van der Waals surface area (Å²) in [5, 5.41) is 0.372. The minimum absolute atomic E-state index is 0.140. The molecule has 0 amide bonds. The van der Waals surface area contributed by atoms with Crippen LogP contribution in [-0.4, -0.2) is 8.42 Å². The van der Waals surface area contributed by atoms with E-state index in [1.807, 2.05) is 0 Å². The van der Waals surface area contributed by atoms with E-state index in [1.54, 1.807) is 0 Å². The van der Waals surface area contributed by atoms with Gasteiger partial charge >= 0.3 is 0 Å². The second kappa shape index (κ2) is 4.97. The molecule has 0 bridgehead atoms. The van der Waals surface area contributed by atoms with Crippen molar-refractivity contribution in [1.29, 1.82) is 0 Å². The van der Waals surface area contributed by atoms with E-state index < -0.39 is 10.0 Å². The van der Waals surface area contributed by atoms with Gasteiger partial charge in [-0.25, -0.2) is 8.42 Å². The molecule has 0 aliphatic carbocycles. The van der Waals surface area contributed by atoms with E-state index in [-0.39, 0.29) is 4.21 Å². The first-order valence-corrected chi connectivity index (χ1v) is 7.77. The number of hydrogen-bond acceptors (Lipinski definition) is 4. The van der Waals surface area contributed by atoms with Crippen LogP contribution in [0.25, 0.3) is 0 Å². The quantitative estimate of drug-likeness (QED) is 0.850. The van der Waals surface area contributed by atoms with Gasteiger partial charge in [0.25, 0.3) is 10.0 Å². The topological polar surface area (TPSA) is 72.2 Å². The maximum Gasteiger partial charge on any atom is 0.271 e. The van der Waals surface area contributed by atoms with Crippen molar-refractivity contribution in [1.82, 2.24) is 0 Å². The zero-order chi connectivity index (χ0) is 13.3. The van der Waals surface area contributed by atoms with Gasteiger partial charge in [0, 0.05) is 0 Å². The third-order valence-electron chi connectivity index (χ3n) is 2.06. The van der Waals surface area contributed by atoms with Crippen LogP contribution in [0.1, 0.15) is 0 Å². The second-order valence-electron chi connectivity index (χ2n) is 3.40. The molecule has 0 saturated carbocycles. The Balaban J connectivity index is 2.30. The Morgan fingerprint density at radius 1 is 1.17 bits per heavy atom. The zero-order valence-corrected chi connectivity index (χ0v) is 12.0. The molecule has 0 spiro atoms. The summed E-state index contributed by atoms with van der Waals surface area (Å²) < 4.78 is 26.9. The number of thiophene rings is 1. The summed E-state index contributed by atoms with van der Waals surface area (Å²) in [4.78, 5) is 0. The van der Waals surface area contributed by atoms with Crippen LogP contribution in [-0.2, 0) is 10.0 Å². The zero-order valence-electron chi connectivity index (χ0n) is 8.85. The molecule has 0 saturated heterocycles. The number of hydrogen-bond donors (Lipinski definition) is 2. The molecule has 0 radical (unpaired) electrons. The molecular weight excluding hydrogens is 315 g/mol. The Morgan fingerprint density at radius 2 is 1.89 bits per heavy atom. The van der Waals surface area contributed by atoms with E-state index in [9.17, 15) is 8.42 Å². The summed E-state index contributed by atoms with van der Waals surface area (Å²) in [6, 6.07) is 7.47. The second-order valence-corrected chi connectivity index (χ2v) is 7.43. The van der Waals surface area contributed by atoms with Crippen LogP contribution in [0, 0.1) is 0 Å². The number of nitrogen functional groups attached to an aromatic ring is 1. The smallest absolute Gasteiger partial charge is 0.271 e. The predicted molar refractivity (Wildman–Crippen MR) is 76.0 cm³/mol. The number of benzene rings is 1. The van der Waals surface area contributed by atoms with Crippen LogP contribution in [0.3, 0.4) is 0 Å². The average molecular weight is 323 g/mol. The third kappa shape index (κ3) is 2.89. The van der Waals surface area contributed by atoms with Crippen molar-refractivity contribution in [2.45, 2.75) is 4.21 Å². The number of halogens is 2. The van der Waals surface area contributed by atoms with Gasteiger partial charge in [-0.3, -0.25) is 4.72 Å². The van der Waals surface area contributed by atoms with E-state index >= 15 is 0 Å². The van der Waals surface area contributed by atoms with Crippen molar-refractivity contribution >= 4 is 55.9 Å². The molecule has 2 rings (SSSR count). The molecule has 96 valence electrons. The maximum atomic E-state index is 12.0. The van der Waals surface area contributed by atoms with Crippen LogP contribution in [0.4, 0.5) is 11.4 Å². The van der Waals surface area contributed by atoms with E-state index in [2.05, 4.69) is 4.72 Å². The molecule has 2 aromatic rings. The molecule has 0 aliphatic rings. The van der Waals surface area contributed by atoms with Gasteiger partial charge in [0.2, 0.25) is 0 Å². The Morgan fingerprint density at radius 3 is 2.44 bits per heavy atom. The van der Waals surface area contributed by atoms with Crippen molar-refractivity contribution in [3.05, 3.63) is 39.7 Å². The first-order valence-electron chi connectivity index (χ1n) is 4.72. The molecule has 4 nitrogen and oxygen atoms in total. The molecule has 3 N–H and O–H groups in total. The van der Waals surface area contributed by atoms with Gasteiger partial charge in [-0.2, -0.15) is 0 Å². The molecule has 8 heteroatoms. The van der Waals surface area contributed by atoms with Gasteiger partial charge in [-0.05, 0) is 30.3 Å². The lowest BCUT2D eigenvalue weighted by Gasteiger charge is -2.07. The summed E-state index contributed by atoms with van der Waals surface area (Å²) >= 11 is 12.4. The highest BCUT2D eigenvalue weighted by molar-refractivity contribution is 7.94. The fourth-order valence-electron chi connectivity index (χ4n) is 1.25. The molecule has 1 aromatic heterocycles. The van der Waals surface area contributed by atoms with E-state index in [1.165, 1.54) is 30.3 Å². The summed E-state index contributed by atoms with van der Waals surface area (Å²) in [5.41, 5.74) is 6.25. The van der Waals surface area contributed by atoms with Crippen molar-refractivity contribution < 1.29 is 8.42 Å². The third-order valence-corrected chi connectivity index (χ3v) is 5.51. The fraction of sp³-hybridized carbons (Fsp3) is 0. The average Bonchev–Trinajstić information content (AvgIpc) is 2.71. The van der Waals surface area contributed by atoms with Crippen LogP contribution in [0.5, 0.6) is 0 Å². The van der Waals surface area contributed by atoms with E-state index in [0.717, 1.165) is 11.3 Å². The van der Waals surface area contributed by atoms with Crippen molar-refractivity contribution in [2.75, 3.05) is 10.5 Å². The Bertz CT molecular complexity index is 683. The summed E-state index contributed by atoms with van der Waals surface area (Å²) in [7, 11) is -3.64. The lowest BCUT2D eigenvalue weighted by molar-refractivity contribution is 0.603.